The van der Waals surface area contributed by atoms with Gasteiger partial charge in [0.05, 0.1) is 11.9 Å². The number of nitrogens with zero attached hydrogens (tertiary/aromatic N) is 2. The highest BCUT2D eigenvalue weighted by molar-refractivity contribution is 5.94. The van der Waals surface area contributed by atoms with Gasteiger partial charge < -0.3 is 10.1 Å². The zero-order chi connectivity index (χ0) is 18.8. The molecule has 0 saturated heterocycles. The smallest absolute Gasteiger partial charge is 0.226 e. The molecule has 2 aromatic carbocycles. The summed E-state index contributed by atoms with van der Waals surface area (Å²) >= 11 is 0. The molecular formula is C22H21N3O2. The van der Waals surface area contributed by atoms with Crippen LogP contribution >= 0.6 is 0 Å². The van der Waals surface area contributed by atoms with Crippen molar-refractivity contribution in [2.24, 2.45) is 0 Å². The number of para-hydroxylation sites is 1. The van der Waals surface area contributed by atoms with Crippen LogP contribution in [-0.2, 0) is 4.79 Å². The third-order valence-corrected chi connectivity index (χ3v) is 4.75. The standard InChI is InChI=1S/C22H21N3O2/c1-3-12-27-20-7-5-4-6-17(20)18-13-21(26)24-22-19(18)14-23-25(22)16-10-8-15(2)9-11-16/h3-11,14,18H,1,12-13H2,2H3,(H,24,26). The number of ether oxygens (including phenoxy) is 1. The van der Waals surface area contributed by atoms with Crippen molar-refractivity contribution in [1.29, 1.82) is 0 Å². The summed E-state index contributed by atoms with van der Waals surface area (Å²) < 4.78 is 7.60. The van der Waals surface area contributed by atoms with E-state index in [1.54, 1.807) is 10.8 Å². The van der Waals surface area contributed by atoms with Gasteiger partial charge in [0.2, 0.25) is 5.91 Å². The number of hydrogen-bond acceptors (Lipinski definition) is 3. The number of anilines is 1. The van der Waals surface area contributed by atoms with Gasteiger partial charge in [-0.25, -0.2) is 4.68 Å². The number of benzene rings is 2. The second-order valence-corrected chi connectivity index (χ2v) is 6.64. The first-order valence-electron chi connectivity index (χ1n) is 8.95. The van der Waals surface area contributed by atoms with Gasteiger partial charge in [-0.15, -0.1) is 0 Å². The van der Waals surface area contributed by atoms with E-state index in [1.165, 1.54) is 5.56 Å². The van der Waals surface area contributed by atoms with Crippen molar-refractivity contribution >= 4 is 11.7 Å². The summed E-state index contributed by atoms with van der Waals surface area (Å²) in [5, 5.41) is 7.53. The summed E-state index contributed by atoms with van der Waals surface area (Å²) in [6.45, 7) is 6.17. The van der Waals surface area contributed by atoms with Crippen LogP contribution in [0.2, 0.25) is 0 Å². The number of aryl methyl sites for hydroxylation is 1. The van der Waals surface area contributed by atoms with Crippen LogP contribution in [0.3, 0.4) is 0 Å². The maximum Gasteiger partial charge on any atom is 0.226 e. The lowest BCUT2D eigenvalue weighted by Gasteiger charge is -2.25. The molecule has 0 fully saturated rings. The molecule has 4 rings (SSSR count). The summed E-state index contributed by atoms with van der Waals surface area (Å²) in [6, 6.07) is 15.9. The van der Waals surface area contributed by atoms with E-state index in [0.717, 1.165) is 28.4 Å². The molecule has 2 heterocycles. The van der Waals surface area contributed by atoms with Gasteiger partial charge in [0.15, 0.2) is 0 Å². The number of carbonyl (C=O) groups is 1. The summed E-state index contributed by atoms with van der Waals surface area (Å²) in [5.41, 5.74) is 4.07. The van der Waals surface area contributed by atoms with Gasteiger partial charge >= 0.3 is 0 Å². The zero-order valence-electron chi connectivity index (χ0n) is 15.2. The van der Waals surface area contributed by atoms with Crippen LogP contribution in [0.25, 0.3) is 5.69 Å². The number of aromatic nitrogens is 2. The molecule has 5 nitrogen and oxygen atoms in total. The molecule has 27 heavy (non-hydrogen) atoms. The van der Waals surface area contributed by atoms with Crippen LogP contribution in [0.4, 0.5) is 5.82 Å². The minimum absolute atomic E-state index is 0.0279. The van der Waals surface area contributed by atoms with E-state index in [-0.39, 0.29) is 11.8 Å². The number of fused-ring (bicyclic) bond motifs is 1. The number of amides is 1. The first-order chi connectivity index (χ1) is 13.2. The Labute approximate surface area is 158 Å². The van der Waals surface area contributed by atoms with Crippen LogP contribution in [0.15, 0.2) is 67.4 Å². The fourth-order valence-electron chi connectivity index (χ4n) is 3.43. The van der Waals surface area contributed by atoms with Crippen molar-refractivity contribution in [2.45, 2.75) is 19.3 Å². The SMILES string of the molecule is C=CCOc1ccccc1C1CC(=O)Nc2c1cnn2-c1ccc(C)cc1. The Kier molecular flexibility index (Phi) is 4.50. The highest BCUT2D eigenvalue weighted by Gasteiger charge is 2.32. The lowest BCUT2D eigenvalue weighted by Crippen LogP contribution is -2.25. The highest BCUT2D eigenvalue weighted by atomic mass is 16.5. The van der Waals surface area contributed by atoms with Crippen LogP contribution < -0.4 is 10.1 Å². The van der Waals surface area contributed by atoms with Gasteiger partial charge in [-0.3, -0.25) is 4.79 Å². The Morgan fingerprint density at radius 2 is 2.00 bits per heavy atom. The number of nitrogens with one attached hydrogen (secondary N) is 1. The molecular weight excluding hydrogens is 338 g/mol. The molecule has 0 radical (unpaired) electrons. The normalized spacial score (nSPS) is 15.7. The van der Waals surface area contributed by atoms with E-state index in [2.05, 4.69) is 17.0 Å². The van der Waals surface area contributed by atoms with Gasteiger partial charge in [-0.2, -0.15) is 5.10 Å². The van der Waals surface area contributed by atoms with Crippen molar-refractivity contribution in [3.05, 3.63) is 84.1 Å². The van der Waals surface area contributed by atoms with Crippen molar-refractivity contribution in [3.8, 4) is 11.4 Å². The fourth-order valence-corrected chi connectivity index (χ4v) is 3.43. The molecule has 3 aromatic rings. The van der Waals surface area contributed by atoms with Crippen LogP contribution in [0.1, 0.15) is 29.0 Å². The van der Waals surface area contributed by atoms with Crippen molar-refractivity contribution < 1.29 is 9.53 Å². The van der Waals surface area contributed by atoms with E-state index in [1.807, 2.05) is 61.7 Å². The Morgan fingerprint density at radius 1 is 1.22 bits per heavy atom. The van der Waals surface area contributed by atoms with E-state index in [0.29, 0.717) is 13.0 Å². The molecule has 1 amide bonds. The maximum atomic E-state index is 12.5. The Hall–Kier alpha value is -3.34. The van der Waals surface area contributed by atoms with E-state index >= 15 is 0 Å². The molecule has 5 heteroatoms. The Morgan fingerprint density at radius 3 is 2.78 bits per heavy atom. The van der Waals surface area contributed by atoms with Crippen LogP contribution in [0, 0.1) is 6.92 Å². The summed E-state index contributed by atoms with van der Waals surface area (Å²) in [5.74, 6) is 1.36. The second-order valence-electron chi connectivity index (χ2n) is 6.64. The largest absolute Gasteiger partial charge is 0.489 e. The first kappa shape index (κ1) is 17.1. The minimum Gasteiger partial charge on any atom is -0.489 e. The van der Waals surface area contributed by atoms with Crippen molar-refractivity contribution in [2.75, 3.05) is 11.9 Å². The zero-order valence-corrected chi connectivity index (χ0v) is 15.2. The lowest BCUT2D eigenvalue weighted by molar-refractivity contribution is -0.116. The third kappa shape index (κ3) is 3.24. The Bertz CT molecular complexity index is 989. The molecule has 1 unspecified atom stereocenters. The molecule has 1 atom stereocenters. The average Bonchev–Trinajstić information content (AvgIpc) is 3.10. The van der Waals surface area contributed by atoms with E-state index < -0.39 is 0 Å². The van der Waals surface area contributed by atoms with Crippen LogP contribution in [-0.4, -0.2) is 22.3 Å². The molecule has 1 aromatic heterocycles. The summed E-state index contributed by atoms with van der Waals surface area (Å²) in [6.07, 6.45) is 3.91. The Balaban J connectivity index is 1.78. The topological polar surface area (TPSA) is 56.1 Å². The minimum atomic E-state index is -0.103. The van der Waals surface area contributed by atoms with Gasteiger partial charge in [-0.1, -0.05) is 48.6 Å². The average molecular weight is 359 g/mol. The van der Waals surface area contributed by atoms with Gasteiger partial charge in [0.1, 0.15) is 18.2 Å². The summed E-state index contributed by atoms with van der Waals surface area (Å²) in [4.78, 5) is 12.5. The quantitative estimate of drug-likeness (QED) is 0.694. The molecule has 136 valence electrons. The van der Waals surface area contributed by atoms with E-state index in [9.17, 15) is 4.79 Å². The molecule has 1 aliphatic heterocycles. The maximum absolute atomic E-state index is 12.5. The van der Waals surface area contributed by atoms with Gasteiger partial charge in [0, 0.05) is 23.5 Å². The molecule has 1 N–H and O–H groups in total. The predicted octanol–water partition coefficient (Wildman–Crippen LogP) is 4.22. The molecule has 0 spiro atoms. The second kappa shape index (κ2) is 7.11. The predicted molar refractivity (Wildman–Crippen MR) is 106 cm³/mol. The van der Waals surface area contributed by atoms with Crippen molar-refractivity contribution in [3.63, 3.8) is 0 Å². The van der Waals surface area contributed by atoms with Crippen LogP contribution in [0.5, 0.6) is 5.75 Å². The monoisotopic (exact) mass is 359 g/mol. The lowest BCUT2D eigenvalue weighted by atomic mass is 9.87. The van der Waals surface area contributed by atoms with E-state index in [4.69, 9.17) is 4.74 Å². The molecule has 0 bridgehead atoms. The van der Waals surface area contributed by atoms with Gasteiger partial charge in [0.25, 0.3) is 0 Å². The van der Waals surface area contributed by atoms with Gasteiger partial charge in [-0.05, 0) is 25.1 Å². The number of rotatable bonds is 5. The third-order valence-electron chi connectivity index (χ3n) is 4.75. The molecule has 0 saturated carbocycles. The molecule has 1 aliphatic rings. The molecule has 0 aliphatic carbocycles. The van der Waals surface area contributed by atoms with Crippen molar-refractivity contribution in [1.82, 2.24) is 9.78 Å². The highest BCUT2D eigenvalue weighted by Crippen LogP contribution is 2.41. The number of carbonyl (C=O) groups excluding carboxylic acids is 1. The number of hydrogen-bond donors (Lipinski definition) is 1. The first-order valence-corrected chi connectivity index (χ1v) is 8.95. The summed E-state index contributed by atoms with van der Waals surface area (Å²) in [7, 11) is 0. The fraction of sp³-hybridized carbons (Fsp3) is 0.182.